The molecule has 1 unspecified atom stereocenters. The zero-order valence-corrected chi connectivity index (χ0v) is 9.80. The molecule has 5 heteroatoms. The second-order valence-corrected chi connectivity index (χ2v) is 5.01. The van der Waals surface area contributed by atoms with Gasteiger partial charge >= 0.3 is 0 Å². The minimum absolute atomic E-state index is 0.205. The summed E-state index contributed by atoms with van der Waals surface area (Å²) in [5, 5.41) is 10.3. The van der Waals surface area contributed by atoms with Crippen LogP contribution in [-0.4, -0.2) is 10.1 Å². The van der Waals surface area contributed by atoms with Crippen LogP contribution >= 0.6 is 22.9 Å². The van der Waals surface area contributed by atoms with Gasteiger partial charge in [0.2, 0.25) is 0 Å². The Hall–Kier alpha value is -0.970. The number of aliphatic hydroxyl groups is 1. The molecule has 0 saturated heterocycles. The molecule has 0 radical (unpaired) electrons. The summed E-state index contributed by atoms with van der Waals surface area (Å²) in [7, 11) is 0. The van der Waals surface area contributed by atoms with Crippen molar-refractivity contribution in [3.63, 3.8) is 0 Å². The molecule has 16 heavy (non-hydrogen) atoms. The topological polar surface area (TPSA) is 33.1 Å². The molecular formula is C11H9ClFNOS. The molecule has 84 valence electrons. The van der Waals surface area contributed by atoms with E-state index in [1.165, 1.54) is 23.6 Å². The lowest BCUT2D eigenvalue weighted by Crippen LogP contribution is -2.02. The first kappa shape index (κ1) is 11.5. The predicted molar refractivity (Wildman–Crippen MR) is 62.2 cm³/mol. The minimum Gasteiger partial charge on any atom is -0.386 e. The van der Waals surface area contributed by atoms with Crippen molar-refractivity contribution in [2.45, 2.75) is 12.5 Å². The lowest BCUT2D eigenvalue weighted by Gasteiger charge is -2.07. The van der Waals surface area contributed by atoms with E-state index in [9.17, 15) is 9.50 Å². The maximum absolute atomic E-state index is 13.3. The van der Waals surface area contributed by atoms with Crippen molar-refractivity contribution in [3.8, 4) is 0 Å². The fraction of sp³-hybridized carbons (Fsp3) is 0.182. The van der Waals surface area contributed by atoms with Gasteiger partial charge in [-0.15, -0.1) is 11.3 Å². The van der Waals surface area contributed by atoms with Crippen molar-refractivity contribution >= 4 is 22.9 Å². The number of hydrogen-bond acceptors (Lipinski definition) is 3. The Kier molecular flexibility index (Phi) is 3.53. The summed E-state index contributed by atoms with van der Waals surface area (Å²) < 4.78 is 13.8. The first-order valence-corrected chi connectivity index (χ1v) is 5.89. The molecule has 1 aromatic carbocycles. The molecule has 1 N–H and O–H groups in total. The summed E-state index contributed by atoms with van der Waals surface area (Å²) in [6, 6.07) is 6.37. The first-order valence-electron chi connectivity index (χ1n) is 4.69. The maximum atomic E-state index is 13.3. The van der Waals surface area contributed by atoms with Gasteiger partial charge in [0.1, 0.15) is 21.3 Å². The number of aromatic nitrogens is 1. The van der Waals surface area contributed by atoms with Crippen molar-refractivity contribution in [1.29, 1.82) is 0 Å². The summed E-state index contributed by atoms with van der Waals surface area (Å²) in [5.41, 5.74) is 0.473. The monoisotopic (exact) mass is 257 g/mol. The third-order valence-corrected chi connectivity index (χ3v) is 3.37. The largest absolute Gasteiger partial charge is 0.386 e. The molecule has 0 aliphatic carbocycles. The summed E-state index contributed by atoms with van der Waals surface area (Å²) >= 11 is 6.91. The van der Waals surface area contributed by atoms with Gasteiger partial charge in [-0.05, 0) is 11.6 Å². The molecule has 0 bridgehead atoms. The van der Waals surface area contributed by atoms with Crippen LogP contribution in [0.15, 0.2) is 30.5 Å². The van der Waals surface area contributed by atoms with Crippen molar-refractivity contribution in [1.82, 2.24) is 4.98 Å². The van der Waals surface area contributed by atoms with E-state index < -0.39 is 6.10 Å². The van der Waals surface area contributed by atoms with Crippen LogP contribution in [0.25, 0.3) is 0 Å². The van der Waals surface area contributed by atoms with E-state index in [2.05, 4.69) is 4.98 Å². The summed E-state index contributed by atoms with van der Waals surface area (Å²) in [4.78, 5) is 3.96. The van der Waals surface area contributed by atoms with Crippen LogP contribution in [0.2, 0.25) is 4.34 Å². The van der Waals surface area contributed by atoms with Gasteiger partial charge in [0.25, 0.3) is 0 Å². The molecule has 1 atom stereocenters. The standard InChI is InChI=1S/C11H9ClFNOS/c12-10-6-14-11(16-10)9(15)5-7-3-1-2-4-8(7)13/h1-4,6,9,15H,5H2. The van der Waals surface area contributed by atoms with E-state index in [4.69, 9.17) is 11.6 Å². The molecule has 0 aliphatic rings. The van der Waals surface area contributed by atoms with Gasteiger partial charge in [-0.25, -0.2) is 9.37 Å². The van der Waals surface area contributed by atoms with Gasteiger partial charge in [0.05, 0.1) is 6.20 Å². The van der Waals surface area contributed by atoms with Crippen molar-refractivity contribution in [2.75, 3.05) is 0 Å². The maximum Gasteiger partial charge on any atom is 0.126 e. The lowest BCUT2D eigenvalue weighted by molar-refractivity contribution is 0.176. The fourth-order valence-corrected chi connectivity index (χ4v) is 2.30. The van der Waals surface area contributed by atoms with Crippen LogP contribution in [0.4, 0.5) is 4.39 Å². The molecule has 0 fully saturated rings. The number of rotatable bonds is 3. The third-order valence-electron chi connectivity index (χ3n) is 2.15. The number of nitrogens with zero attached hydrogens (tertiary/aromatic N) is 1. The highest BCUT2D eigenvalue weighted by Crippen LogP contribution is 2.26. The van der Waals surface area contributed by atoms with Crippen LogP contribution < -0.4 is 0 Å². The van der Waals surface area contributed by atoms with E-state index in [0.29, 0.717) is 14.9 Å². The highest BCUT2D eigenvalue weighted by atomic mass is 35.5. The van der Waals surface area contributed by atoms with Crippen molar-refractivity contribution in [3.05, 3.63) is 51.2 Å². The molecule has 2 nitrogen and oxygen atoms in total. The molecule has 0 aliphatic heterocycles. The van der Waals surface area contributed by atoms with E-state index in [-0.39, 0.29) is 12.2 Å². The minimum atomic E-state index is -0.811. The van der Waals surface area contributed by atoms with Gasteiger partial charge in [-0.1, -0.05) is 29.8 Å². The molecule has 0 saturated carbocycles. The average Bonchev–Trinajstić information content (AvgIpc) is 2.68. The second kappa shape index (κ2) is 4.91. The van der Waals surface area contributed by atoms with Gasteiger partial charge in [0, 0.05) is 6.42 Å². The Balaban J connectivity index is 2.13. The highest BCUT2D eigenvalue weighted by Gasteiger charge is 2.14. The Labute approximate surface area is 101 Å². The van der Waals surface area contributed by atoms with Gasteiger partial charge in [0.15, 0.2) is 0 Å². The molecule has 1 heterocycles. The van der Waals surface area contributed by atoms with Gasteiger partial charge < -0.3 is 5.11 Å². The van der Waals surface area contributed by atoms with E-state index in [1.54, 1.807) is 18.2 Å². The summed E-state index contributed by atoms with van der Waals surface area (Å²) in [6.07, 6.45) is 0.872. The zero-order chi connectivity index (χ0) is 11.5. The van der Waals surface area contributed by atoms with E-state index in [1.807, 2.05) is 0 Å². The Morgan fingerprint density at radius 2 is 2.19 bits per heavy atom. The number of hydrogen-bond donors (Lipinski definition) is 1. The average molecular weight is 258 g/mol. The number of halogens is 2. The second-order valence-electron chi connectivity index (χ2n) is 3.31. The quantitative estimate of drug-likeness (QED) is 0.916. The fourth-order valence-electron chi connectivity index (χ4n) is 1.38. The van der Waals surface area contributed by atoms with Crippen LogP contribution in [0.1, 0.15) is 16.7 Å². The van der Waals surface area contributed by atoms with Gasteiger partial charge in [-0.3, -0.25) is 0 Å². The summed E-state index contributed by atoms with van der Waals surface area (Å²) in [6.45, 7) is 0. The molecule has 1 aromatic heterocycles. The highest BCUT2D eigenvalue weighted by molar-refractivity contribution is 7.15. The van der Waals surface area contributed by atoms with Gasteiger partial charge in [-0.2, -0.15) is 0 Å². The van der Waals surface area contributed by atoms with Crippen LogP contribution in [0.5, 0.6) is 0 Å². The van der Waals surface area contributed by atoms with E-state index >= 15 is 0 Å². The summed E-state index contributed by atoms with van der Waals surface area (Å²) in [5.74, 6) is -0.316. The van der Waals surface area contributed by atoms with E-state index in [0.717, 1.165) is 0 Å². The van der Waals surface area contributed by atoms with Crippen LogP contribution in [-0.2, 0) is 6.42 Å². The predicted octanol–water partition coefficient (Wildman–Crippen LogP) is 3.21. The van der Waals surface area contributed by atoms with Crippen molar-refractivity contribution < 1.29 is 9.50 Å². The number of benzene rings is 1. The molecule has 2 rings (SSSR count). The Morgan fingerprint density at radius 1 is 1.44 bits per heavy atom. The normalized spacial score (nSPS) is 12.7. The number of aliphatic hydroxyl groups excluding tert-OH is 1. The Morgan fingerprint density at radius 3 is 2.81 bits per heavy atom. The third kappa shape index (κ3) is 2.58. The molecular weight excluding hydrogens is 249 g/mol. The smallest absolute Gasteiger partial charge is 0.126 e. The molecule has 0 spiro atoms. The SMILES string of the molecule is OC(Cc1ccccc1F)c1ncc(Cl)s1. The van der Waals surface area contributed by atoms with Crippen LogP contribution in [0.3, 0.4) is 0 Å². The molecule has 0 amide bonds. The Bertz CT molecular complexity index is 488. The number of thiazole rings is 1. The zero-order valence-electron chi connectivity index (χ0n) is 8.23. The lowest BCUT2D eigenvalue weighted by atomic mass is 10.1. The van der Waals surface area contributed by atoms with Crippen molar-refractivity contribution in [2.24, 2.45) is 0 Å². The van der Waals surface area contributed by atoms with Crippen LogP contribution in [0, 0.1) is 5.82 Å². The molecule has 2 aromatic rings. The first-order chi connectivity index (χ1) is 7.66.